The Kier molecular flexibility index (Phi) is 3.60. The van der Waals surface area contributed by atoms with Crippen molar-refractivity contribution in [1.82, 2.24) is 19.8 Å². The molecule has 22 heavy (non-hydrogen) atoms. The number of nitrogens with zero attached hydrogens (tertiary/aromatic N) is 4. The van der Waals surface area contributed by atoms with Crippen LogP contribution in [0.25, 0.3) is 22.0 Å². The summed E-state index contributed by atoms with van der Waals surface area (Å²) in [5.74, 6) is -0.198. The van der Waals surface area contributed by atoms with Crippen LogP contribution in [0.5, 0.6) is 0 Å². The van der Waals surface area contributed by atoms with Gasteiger partial charge in [0.25, 0.3) is 5.91 Å². The van der Waals surface area contributed by atoms with Crippen molar-refractivity contribution < 1.29 is 9.63 Å². The van der Waals surface area contributed by atoms with Gasteiger partial charge in [-0.05, 0) is 24.3 Å². The average molecular weight is 296 g/mol. The first-order valence-electron chi connectivity index (χ1n) is 6.79. The van der Waals surface area contributed by atoms with Crippen molar-refractivity contribution in [2.75, 3.05) is 14.2 Å². The van der Waals surface area contributed by atoms with Gasteiger partial charge in [-0.25, -0.2) is 5.06 Å². The highest BCUT2D eigenvalue weighted by molar-refractivity contribution is 5.97. The van der Waals surface area contributed by atoms with Gasteiger partial charge in [0, 0.05) is 48.6 Å². The normalized spacial score (nSPS) is 10.9. The fourth-order valence-electron chi connectivity index (χ4n) is 2.26. The van der Waals surface area contributed by atoms with Crippen LogP contribution in [0.4, 0.5) is 0 Å². The van der Waals surface area contributed by atoms with E-state index in [1.54, 1.807) is 24.0 Å². The van der Waals surface area contributed by atoms with E-state index >= 15 is 0 Å². The minimum atomic E-state index is -0.198. The number of hydroxylamine groups is 2. The van der Waals surface area contributed by atoms with Gasteiger partial charge in [-0.3, -0.25) is 19.3 Å². The maximum atomic E-state index is 12.1. The number of benzene rings is 1. The second kappa shape index (κ2) is 5.57. The van der Waals surface area contributed by atoms with E-state index in [2.05, 4.69) is 10.1 Å². The largest absolute Gasteiger partial charge is 0.277 e. The summed E-state index contributed by atoms with van der Waals surface area (Å²) in [6.07, 6.45) is 5.52. The predicted octanol–water partition coefficient (Wildman–Crippen LogP) is 2.27. The molecule has 6 nitrogen and oxygen atoms in total. The zero-order valence-electron chi connectivity index (χ0n) is 12.6. The number of fused-ring (bicyclic) bond motifs is 1. The predicted molar refractivity (Wildman–Crippen MR) is 83.0 cm³/mol. The summed E-state index contributed by atoms with van der Waals surface area (Å²) in [5.41, 5.74) is 3.35. The summed E-state index contributed by atoms with van der Waals surface area (Å²) in [6, 6.07) is 7.40. The Balaban J connectivity index is 2.05. The summed E-state index contributed by atoms with van der Waals surface area (Å²) in [4.78, 5) is 21.5. The van der Waals surface area contributed by atoms with Gasteiger partial charge < -0.3 is 0 Å². The lowest BCUT2D eigenvalue weighted by Gasteiger charge is -2.13. The van der Waals surface area contributed by atoms with Crippen molar-refractivity contribution in [3.8, 4) is 11.1 Å². The van der Waals surface area contributed by atoms with Crippen LogP contribution in [0.2, 0.25) is 0 Å². The van der Waals surface area contributed by atoms with Gasteiger partial charge in [0.15, 0.2) is 0 Å². The topological polar surface area (TPSA) is 60.2 Å². The van der Waals surface area contributed by atoms with E-state index in [1.165, 1.54) is 12.2 Å². The Hall–Kier alpha value is -2.73. The van der Waals surface area contributed by atoms with Crippen LogP contribution in [0.15, 0.2) is 42.9 Å². The van der Waals surface area contributed by atoms with Crippen molar-refractivity contribution in [2.45, 2.75) is 0 Å². The highest BCUT2D eigenvalue weighted by Gasteiger charge is 2.12. The van der Waals surface area contributed by atoms with Crippen molar-refractivity contribution in [3.05, 3.63) is 48.4 Å². The molecule has 6 heteroatoms. The Morgan fingerprint density at radius 2 is 2.05 bits per heavy atom. The summed E-state index contributed by atoms with van der Waals surface area (Å²) in [7, 11) is 4.91. The summed E-state index contributed by atoms with van der Waals surface area (Å²) < 4.78 is 1.74. The fourth-order valence-corrected chi connectivity index (χ4v) is 2.26. The van der Waals surface area contributed by atoms with Crippen LogP contribution in [-0.4, -0.2) is 39.9 Å². The second-order valence-corrected chi connectivity index (χ2v) is 5.02. The SMILES string of the molecule is CON(C)C(=O)c1ccc2ncc(-c3cnn(C)c3)cc2c1. The number of rotatable bonds is 3. The zero-order valence-corrected chi connectivity index (χ0v) is 12.6. The lowest BCUT2D eigenvalue weighted by atomic mass is 10.1. The standard InChI is InChI=1S/C16H16N4O2/c1-19-10-14(9-18-19)13-7-12-6-11(16(21)20(2)22-3)4-5-15(12)17-8-13/h4-10H,1-3H3. The maximum Gasteiger partial charge on any atom is 0.277 e. The lowest BCUT2D eigenvalue weighted by Crippen LogP contribution is -2.25. The molecule has 3 aromatic rings. The molecular weight excluding hydrogens is 280 g/mol. The van der Waals surface area contributed by atoms with Crippen LogP contribution >= 0.6 is 0 Å². The average Bonchev–Trinajstić information content (AvgIpc) is 2.98. The van der Waals surface area contributed by atoms with Crippen LogP contribution in [0.1, 0.15) is 10.4 Å². The van der Waals surface area contributed by atoms with Gasteiger partial charge in [-0.2, -0.15) is 5.10 Å². The highest BCUT2D eigenvalue weighted by Crippen LogP contribution is 2.23. The number of amides is 1. The number of hydrogen-bond acceptors (Lipinski definition) is 4. The number of carbonyl (C=O) groups excluding carboxylic acids is 1. The van der Waals surface area contributed by atoms with Gasteiger partial charge in [-0.15, -0.1) is 0 Å². The first-order chi connectivity index (χ1) is 10.6. The monoisotopic (exact) mass is 296 g/mol. The van der Waals surface area contributed by atoms with Crippen molar-refractivity contribution in [1.29, 1.82) is 0 Å². The molecule has 0 radical (unpaired) electrons. The quantitative estimate of drug-likeness (QED) is 0.696. The van der Waals surface area contributed by atoms with E-state index in [4.69, 9.17) is 4.84 Å². The molecule has 0 N–H and O–H groups in total. The minimum Gasteiger partial charge on any atom is -0.275 e. The molecule has 112 valence electrons. The molecule has 0 saturated carbocycles. The molecule has 2 aromatic heterocycles. The molecule has 0 aliphatic carbocycles. The number of pyridine rings is 1. The van der Waals surface area contributed by atoms with E-state index in [1.807, 2.05) is 37.6 Å². The zero-order chi connectivity index (χ0) is 15.7. The molecule has 2 heterocycles. The molecule has 1 amide bonds. The van der Waals surface area contributed by atoms with Crippen molar-refractivity contribution in [3.63, 3.8) is 0 Å². The van der Waals surface area contributed by atoms with Crippen molar-refractivity contribution >= 4 is 16.8 Å². The van der Waals surface area contributed by atoms with Crippen LogP contribution < -0.4 is 0 Å². The van der Waals surface area contributed by atoms with Gasteiger partial charge in [-0.1, -0.05) is 0 Å². The molecule has 0 bridgehead atoms. The molecular formula is C16H16N4O2. The number of hydrogen-bond donors (Lipinski definition) is 0. The van der Waals surface area contributed by atoms with E-state index in [9.17, 15) is 4.79 Å². The molecule has 1 aromatic carbocycles. The van der Waals surface area contributed by atoms with E-state index in [0.717, 1.165) is 22.0 Å². The van der Waals surface area contributed by atoms with Crippen LogP contribution in [0, 0.1) is 0 Å². The van der Waals surface area contributed by atoms with Gasteiger partial charge >= 0.3 is 0 Å². The fraction of sp³-hybridized carbons (Fsp3) is 0.188. The molecule has 0 saturated heterocycles. The second-order valence-electron chi connectivity index (χ2n) is 5.02. The molecule has 3 rings (SSSR count). The van der Waals surface area contributed by atoms with Crippen LogP contribution in [-0.2, 0) is 11.9 Å². The van der Waals surface area contributed by atoms with Crippen molar-refractivity contribution in [2.24, 2.45) is 7.05 Å². The van der Waals surface area contributed by atoms with Crippen LogP contribution in [0.3, 0.4) is 0 Å². The first-order valence-corrected chi connectivity index (χ1v) is 6.79. The Labute approximate surface area is 127 Å². The van der Waals surface area contributed by atoms with Gasteiger partial charge in [0.2, 0.25) is 0 Å². The van der Waals surface area contributed by atoms with E-state index < -0.39 is 0 Å². The molecule has 0 spiro atoms. The molecule has 0 atom stereocenters. The molecule has 0 fully saturated rings. The Bertz CT molecular complexity index is 841. The summed E-state index contributed by atoms with van der Waals surface area (Å²) in [6.45, 7) is 0. The third-order valence-electron chi connectivity index (χ3n) is 3.53. The Morgan fingerprint density at radius 1 is 1.23 bits per heavy atom. The number of aromatic nitrogens is 3. The van der Waals surface area contributed by atoms with E-state index in [-0.39, 0.29) is 5.91 Å². The first kappa shape index (κ1) is 14.2. The third-order valence-corrected chi connectivity index (χ3v) is 3.53. The molecule has 0 unspecified atom stereocenters. The maximum absolute atomic E-state index is 12.1. The third kappa shape index (κ3) is 2.56. The lowest BCUT2D eigenvalue weighted by molar-refractivity contribution is -0.0756. The number of carbonyl (C=O) groups is 1. The number of aryl methyl sites for hydroxylation is 1. The smallest absolute Gasteiger partial charge is 0.275 e. The van der Waals surface area contributed by atoms with Gasteiger partial charge in [0.1, 0.15) is 0 Å². The molecule has 0 aliphatic rings. The summed E-state index contributed by atoms with van der Waals surface area (Å²) in [5, 5.41) is 6.26. The van der Waals surface area contributed by atoms with E-state index in [0.29, 0.717) is 5.56 Å². The summed E-state index contributed by atoms with van der Waals surface area (Å²) >= 11 is 0. The highest BCUT2D eigenvalue weighted by atomic mass is 16.7. The molecule has 0 aliphatic heterocycles. The Morgan fingerprint density at radius 3 is 2.73 bits per heavy atom. The van der Waals surface area contributed by atoms with Gasteiger partial charge in [0.05, 0.1) is 18.8 Å². The minimum absolute atomic E-state index is 0.198.